The summed E-state index contributed by atoms with van der Waals surface area (Å²) in [4.78, 5) is 12.3. The van der Waals surface area contributed by atoms with Crippen LogP contribution in [0.1, 0.15) is 43.0 Å². The molecule has 0 amide bonds. The van der Waals surface area contributed by atoms with E-state index in [0.717, 1.165) is 12.0 Å². The van der Waals surface area contributed by atoms with Crippen LogP contribution in [0.2, 0.25) is 0 Å². The van der Waals surface area contributed by atoms with Gasteiger partial charge in [-0.25, -0.2) is 4.21 Å². The van der Waals surface area contributed by atoms with Gasteiger partial charge in [-0.3, -0.25) is 14.1 Å². The van der Waals surface area contributed by atoms with Crippen LogP contribution in [0.5, 0.6) is 0 Å². The average Bonchev–Trinajstić information content (AvgIpc) is 2.76. The molecule has 0 aliphatic heterocycles. The topological polar surface area (TPSA) is 99.7 Å². The number of hydrogen-bond acceptors (Lipinski definition) is 4. The van der Waals surface area contributed by atoms with Crippen molar-refractivity contribution in [3.63, 3.8) is 0 Å². The Balaban J connectivity index is 0.00000612. The average molecular weight is 647 g/mol. The van der Waals surface area contributed by atoms with Gasteiger partial charge in [0, 0.05) is 66.0 Å². The van der Waals surface area contributed by atoms with Crippen molar-refractivity contribution in [2.24, 2.45) is 11.3 Å². The molecule has 0 bridgehead atoms. The number of esters is 1. The fraction of sp³-hybridized carbons (Fsp3) is 0.440. The van der Waals surface area contributed by atoms with E-state index < -0.39 is 16.7 Å². The largest absolute Gasteiger partial charge is 0.465 e. The molecule has 0 heterocycles. The molecule has 35 heavy (non-hydrogen) atoms. The van der Waals surface area contributed by atoms with Crippen LogP contribution in [-0.2, 0) is 33.8 Å². The quantitative estimate of drug-likeness (QED) is 0.174. The standard InChI is InChI=1S/C25H35N3O4S2.Pr/c1-17-6-7-20(12-18(17)2)13-21(16-32-23(29)25(3,4)5)15-27-24(33)26-14-19-8-10-22(11-9-19)28-34(30)31;/h6-12,21,28H,13-16H2,1-5H3,(H,30,31)(H2,26,27,33);. The number of carbonyl (C=O) groups excluding carboxylic acids is 1. The zero-order valence-corrected chi connectivity index (χ0v) is 26.4. The molecule has 1 radical (unpaired) electrons. The molecule has 2 aromatic carbocycles. The first-order valence-electron chi connectivity index (χ1n) is 11.2. The molecule has 189 valence electrons. The summed E-state index contributed by atoms with van der Waals surface area (Å²) in [5, 5.41) is 6.91. The van der Waals surface area contributed by atoms with Gasteiger partial charge in [0.25, 0.3) is 11.3 Å². The maximum absolute atomic E-state index is 12.3. The van der Waals surface area contributed by atoms with Gasteiger partial charge in [-0.1, -0.05) is 30.3 Å². The Morgan fingerprint density at radius 1 is 1.06 bits per heavy atom. The summed E-state index contributed by atoms with van der Waals surface area (Å²) >= 11 is 3.34. The van der Waals surface area contributed by atoms with E-state index in [4.69, 9.17) is 21.5 Å². The van der Waals surface area contributed by atoms with Gasteiger partial charge in [-0.2, -0.15) is 0 Å². The van der Waals surface area contributed by atoms with Crippen molar-refractivity contribution < 1.29 is 59.6 Å². The molecule has 2 rings (SSSR count). The fourth-order valence-electron chi connectivity index (χ4n) is 3.14. The van der Waals surface area contributed by atoms with E-state index in [1.54, 1.807) is 12.1 Å². The third kappa shape index (κ3) is 12.1. The molecule has 0 aliphatic carbocycles. The molecule has 0 fully saturated rings. The maximum Gasteiger partial charge on any atom is 0.311 e. The van der Waals surface area contributed by atoms with Crippen molar-refractivity contribution in [1.82, 2.24) is 10.6 Å². The van der Waals surface area contributed by atoms with E-state index in [1.807, 2.05) is 32.9 Å². The van der Waals surface area contributed by atoms with E-state index >= 15 is 0 Å². The number of anilines is 1. The van der Waals surface area contributed by atoms with Crippen LogP contribution in [0, 0.1) is 66.5 Å². The minimum Gasteiger partial charge on any atom is -0.465 e. The summed E-state index contributed by atoms with van der Waals surface area (Å²) in [5.41, 5.74) is 4.66. The van der Waals surface area contributed by atoms with E-state index in [0.29, 0.717) is 30.5 Å². The first-order valence-corrected chi connectivity index (χ1v) is 12.7. The molecule has 4 N–H and O–H groups in total. The second kappa shape index (κ2) is 15.2. The number of rotatable bonds is 10. The summed E-state index contributed by atoms with van der Waals surface area (Å²) in [6.45, 7) is 11.1. The van der Waals surface area contributed by atoms with Crippen LogP contribution in [-0.4, -0.2) is 33.0 Å². The number of thiocarbonyl (C=S) groups is 1. The Labute approximate surface area is 249 Å². The van der Waals surface area contributed by atoms with Crippen molar-refractivity contribution in [3.8, 4) is 0 Å². The second-order valence-electron chi connectivity index (χ2n) is 9.45. The van der Waals surface area contributed by atoms with Gasteiger partial charge in [-0.15, -0.1) is 0 Å². The van der Waals surface area contributed by atoms with Crippen LogP contribution in [0.4, 0.5) is 5.69 Å². The summed E-state index contributed by atoms with van der Waals surface area (Å²) in [7, 11) is 0. The van der Waals surface area contributed by atoms with Gasteiger partial charge in [0.1, 0.15) is 0 Å². The van der Waals surface area contributed by atoms with Gasteiger partial charge in [0.2, 0.25) is 0 Å². The predicted octanol–water partition coefficient (Wildman–Crippen LogP) is 4.26. The van der Waals surface area contributed by atoms with Crippen LogP contribution < -0.4 is 15.4 Å². The summed E-state index contributed by atoms with van der Waals surface area (Å²) in [6.07, 6.45) is 0.759. The van der Waals surface area contributed by atoms with Gasteiger partial charge in [-0.05, 0) is 87.6 Å². The molecule has 0 saturated heterocycles. The number of ether oxygens (including phenoxy) is 1. The molecule has 2 atom stereocenters. The first kappa shape index (κ1) is 31.9. The van der Waals surface area contributed by atoms with E-state index in [1.165, 1.54) is 16.7 Å². The Bertz CT molecular complexity index is 1010. The second-order valence-corrected chi connectivity index (χ2v) is 10.6. The molecular weight excluding hydrogens is 611 g/mol. The van der Waals surface area contributed by atoms with Crippen molar-refractivity contribution in [1.29, 1.82) is 0 Å². The monoisotopic (exact) mass is 646 g/mol. The number of carbonyl (C=O) groups is 1. The number of aryl methyl sites for hydroxylation is 2. The van der Waals surface area contributed by atoms with Crippen molar-refractivity contribution in [2.45, 2.75) is 47.6 Å². The third-order valence-electron chi connectivity index (χ3n) is 5.32. The molecular formula is C25H35N3O4PrS2. The minimum absolute atomic E-state index is 0. The normalized spacial score (nSPS) is 12.6. The molecule has 0 saturated carbocycles. The molecule has 0 spiro atoms. The summed E-state index contributed by atoms with van der Waals surface area (Å²) in [5.74, 6) is -0.167. The number of benzene rings is 2. The molecule has 0 aliphatic rings. The van der Waals surface area contributed by atoms with Crippen LogP contribution in [0.3, 0.4) is 0 Å². The van der Waals surface area contributed by atoms with Gasteiger partial charge < -0.3 is 15.4 Å². The molecule has 0 aromatic heterocycles. The van der Waals surface area contributed by atoms with Crippen molar-refractivity contribution >= 4 is 40.3 Å². The summed E-state index contributed by atoms with van der Waals surface area (Å²) < 4.78 is 27.7. The van der Waals surface area contributed by atoms with Crippen LogP contribution in [0.15, 0.2) is 42.5 Å². The van der Waals surface area contributed by atoms with Crippen molar-refractivity contribution in [2.75, 3.05) is 17.9 Å². The van der Waals surface area contributed by atoms with Crippen LogP contribution in [0.25, 0.3) is 0 Å². The Morgan fingerprint density at radius 2 is 1.69 bits per heavy atom. The maximum atomic E-state index is 12.3. The number of hydrogen-bond donors (Lipinski definition) is 4. The minimum atomic E-state index is -2.10. The molecule has 7 nitrogen and oxygen atoms in total. The van der Waals surface area contributed by atoms with Gasteiger partial charge >= 0.3 is 5.97 Å². The number of nitrogens with one attached hydrogen (secondary N) is 3. The smallest absolute Gasteiger partial charge is 0.311 e. The fourth-order valence-corrected chi connectivity index (χ4v) is 3.63. The Morgan fingerprint density at radius 3 is 2.26 bits per heavy atom. The van der Waals surface area contributed by atoms with Gasteiger partial charge in [0.15, 0.2) is 5.11 Å². The van der Waals surface area contributed by atoms with Crippen LogP contribution >= 0.6 is 12.2 Å². The Hall–Kier alpha value is -1.13. The van der Waals surface area contributed by atoms with E-state index in [-0.39, 0.29) is 53.2 Å². The zero-order valence-electron chi connectivity index (χ0n) is 21.0. The summed E-state index contributed by atoms with van der Waals surface area (Å²) in [6, 6.07) is 13.5. The first-order chi connectivity index (χ1) is 15.9. The van der Waals surface area contributed by atoms with E-state index in [9.17, 15) is 9.00 Å². The van der Waals surface area contributed by atoms with Gasteiger partial charge in [0.05, 0.1) is 12.0 Å². The zero-order chi connectivity index (χ0) is 25.3. The van der Waals surface area contributed by atoms with E-state index in [2.05, 4.69) is 47.4 Å². The predicted molar refractivity (Wildman–Crippen MR) is 142 cm³/mol. The third-order valence-corrected chi connectivity index (χ3v) is 6.02. The van der Waals surface area contributed by atoms with Crippen molar-refractivity contribution in [3.05, 3.63) is 64.7 Å². The SMILES string of the molecule is Cc1ccc(CC(CNC(=S)NCc2ccc(NS(=O)O)cc2)COC(=O)C(C)(C)C)cc1C.[Pr]. The molecule has 10 heteroatoms. The molecule has 2 aromatic rings. The molecule has 2 unspecified atom stereocenters. The Kier molecular flexibility index (Phi) is 13.9.